The van der Waals surface area contributed by atoms with Gasteiger partial charge in [0.2, 0.25) is 0 Å². The van der Waals surface area contributed by atoms with Crippen LogP contribution in [0.3, 0.4) is 0 Å². The molecule has 1 aromatic carbocycles. The summed E-state index contributed by atoms with van der Waals surface area (Å²) in [7, 11) is 0. The minimum atomic E-state index is 0.240. The SMILES string of the molecule is Oc1cccc2c(C3CC3)coc12. The van der Waals surface area contributed by atoms with E-state index in [0.29, 0.717) is 11.5 Å². The fraction of sp³-hybridized carbons (Fsp3) is 0.273. The second-order valence-corrected chi connectivity index (χ2v) is 3.62. The summed E-state index contributed by atoms with van der Waals surface area (Å²) in [5.74, 6) is 0.910. The number of para-hydroxylation sites is 1. The predicted octanol–water partition coefficient (Wildman–Crippen LogP) is 3.02. The minimum Gasteiger partial charge on any atom is -0.504 e. The van der Waals surface area contributed by atoms with Crippen molar-refractivity contribution in [3.8, 4) is 5.75 Å². The molecule has 66 valence electrons. The molecule has 0 radical (unpaired) electrons. The summed E-state index contributed by atoms with van der Waals surface area (Å²) in [6, 6.07) is 5.52. The molecule has 2 heteroatoms. The maximum absolute atomic E-state index is 9.49. The van der Waals surface area contributed by atoms with Crippen LogP contribution < -0.4 is 0 Å². The predicted molar refractivity (Wildman–Crippen MR) is 49.9 cm³/mol. The number of hydrogen-bond acceptors (Lipinski definition) is 2. The van der Waals surface area contributed by atoms with Gasteiger partial charge in [0.1, 0.15) is 0 Å². The van der Waals surface area contributed by atoms with E-state index in [1.54, 1.807) is 12.3 Å². The second kappa shape index (κ2) is 2.28. The van der Waals surface area contributed by atoms with E-state index in [1.165, 1.54) is 18.4 Å². The molecule has 0 saturated heterocycles. The van der Waals surface area contributed by atoms with Crippen LogP contribution in [0.2, 0.25) is 0 Å². The molecule has 0 amide bonds. The van der Waals surface area contributed by atoms with Crippen LogP contribution in [0, 0.1) is 0 Å². The van der Waals surface area contributed by atoms with Crippen molar-refractivity contribution in [1.82, 2.24) is 0 Å². The Bertz CT molecular complexity index is 452. The Morgan fingerprint density at radius 1 is 1.31 bits per heavy atom. The van der Waals surface area contributed by atoms with Crippen molar-refractivity contribution in [2.45, 2.75) is 18.8 Å². The Kier molecular flexibility index (Phi) is 1.23. The lowest BCUT2D eigenvalue weighted by molar-refractivity contribution is 0.465. The molecule has 3 rings (SSSR count). The smallest absolute Gasteiger partial charge is 0.175 e. The topological polar surface area (TPSA) is 33.4 Å². The molecular formula is C11H10O2. The van der Waals surface area contributed by atoms with E-state index in [-0.39, 0.29) is 5.75 Å². The lowest BCUT2D eigenvalue weighted by Gasteiger charge is -1.93. The first-order valence-electron chi connectivity index (χ1n) is 4.55. The van der Waals surface area contributed by atoms with E-state index in [1.807, 2.05) is 12.1 Å². The summed E-state index contributed by atoms with van der Waals surface area (Å²) in [6.45, 7) is 0. The van der Waals surface area contributed by atoms with Crippen molar-refractivity contribution >= 4 is 11.0 Å². The molecule has 0 atom stereocenters. The monoisotopic (exact) mass is 174 g/mol. The number of fused-ring (bicyclic) bond motifs is 1. The van der Waals surface area contributed by atoms with Gasteiger partial charge in [0.05, 0.1) is 6.26 Å². The van der Waals surface area contributed by atoms with E-state index >= 15 is 0 Å². The third-order valence-electron chi connectivity index (χ3n) is 2.63. The molecule has 1 saturated carbocycles. The molecule has 2 nitrogen and oxygen atoms in total. The van der Waals surface area contributed by atoms with Gasteiger partial charge in [-0.3, -0.25) is 0 Å². The number of phenolic OH excluding ortho intramolecular Hbond substituents is 1. The largest absolute Gasteiger partial charge is 0.504 e. The molecule has 0 unspecified atom stereocenters. The highest BCUT2D eigenvalue weighted by Gasteiger charge is 2.27. The molecular weight excluding hydrogens is 164 g/mol. The highest BCUT2D eigenvalue weighted by Crippen LogP contribution is 2.44. The Balaban J connectivity index is 2.32. The van der Waals surface area contributed by atoms with Gasteiger partial charge in [-0.15, -0.1) is 0 Å². The van der Waals surface area contributed by atoms with Crippen molar-refractivity contribution in [3.63, 3.8) is 0 Å². The molecule has 1 fully saturated rings. The molecule has 1 heterocycles. The first kappa shape index (κ1) is 7.01. The van der Waals surface area contributed by atoms with Gasteiger partial charge in [0, 0.05) is 10.9 Å². The molecule has 1 N–H and O–H groups in total. The van der Waals surface area contributed by atoms with E-state index in [0.717, 1.165) is 5.39 Å². The standard InChI is InChI=1S/C11H10O2/c12-10-3-1-2-8-9(7-4-5-7)6-13-11(8)10/h1-3,6-7,12H,4-5H2. The molecule has 13 heavy (non-hydrogen) atoms. The molecule has 1 aromatic heterocycles. The van der Waals surface area contributed by atoms with Gasteiger partial charge in [-0.1, -0.05) is 12.1 Å². The van der Waals surface area contributed by atoms with Crippen molar-refractivity contribution in [1.29, 1.82) is 0 Å². The summed E-state index contributed by atoms with van der Waals surface area (Å²) in [6.07, 6.45) is 4.29. The van der Waals surface area contributed by atoms with Gasteiger partial charge in [-0.05, 0) is 24.8 Å². The number of rotatable bonds is 1. The first-order chi connectivity index (χ1) is 6.36. The maximum Gasteiger partial charge on any atom is 0.175 e. The Labute approximate surface area is 75.8 Å². The van der Waals surface area contributed by atoms with Crippen molar-refractivity contribution in [3.05, 3.63) is 30.0 Å². The lowest BCUT2D eigenvalue weighted by Crippen LogP contribution is -1.74. The summed E-state index contributed by atoms with van der Waals surface area (Å²) in [5, 5.41) is 10.6. The highest BCUT2D eigenvalue weighted by molar-refractivity contribution is 5.86. The van der Waals surface area contributed by atoms with Gasteiger partial charge < -0.3 is 9.52 Å². The molecule has 0 spiro atoms. The molecule has 0 aliphatic heterocycles. The lowest BCUT2D eigenvalue weighted by atomic mass is 10.1. The number of aromatic hydroxyl groups is 1. The third-order valence-corrected chi connectivity index (χ3v) is 2.63. The van der Waals surface area contributed by atoms with Crippen LogP contribution in [-0.2, 0) is 0 Å². The number of hydrogen-bond donors (Lipinski definition) is 1. The normalized spacial score (nSPS) is 16.6. The summed E-state index contributed by atoms with van der Waals surface area (Å²) < 4.78 is 5.33. The Hall–Kier alpha value is -1.44. The van der Waals surface area contributed by atoms with E-state index in [9.17, 15) is 5.11 Å². The van der Waals surface area contributed by atoms with Gasteiger partial charge >= 0.3 is 0 Å². The van der Waals surface area contributed by atoms with Crippen molar-refractivity contribution in [2.75, 3.05) is 0 Å². The Morgan fingerprint density at radius 3 is 2.92 bits per heavy atom. The van der Waals surface area contributed by atoms with E-state index in [4.69, 9.17) is 4.42 Å². The fourth-order valence-corrected chi connectivity index (χ4v) is 1.77. The van der Waals surface area contributed by atoms with Crippen LogP contribution in [0.1, 0.15) is 24.3 Å². The zero-order valence-corrected chi connectivity index (χ0v) is 7.16. The highest BCUT2D eigenvalue weighted by atomic mass is 16.3. The number of benzene rings is 1. The third kappa shape index (κ3) is 0.949. The quantitative estimate of drug-likeness (QED) is 0.720. The van der Waals surface area contributed by atoms with Gasteiger partial charge in [0.15, 0.2) is 11.3 Å². The van der Waals surface area contributed by atoms with E-state index in [2.05, 4.69) is 0 Å². The number of phenols is 1. The van der Waals surface area contributed by atoms with Crippen LogP contribution in [-0.4, -0.2) is 5.11 Å². The number of furan rings is 1. The van der Waals surface area contributed by atoms with Crippen LogP contribution in [0.25, 0.3) is 11.0 Å². The van der Waals surface area contributed by atoms with Gasteiger partial charge in [-0.2, -0.15) is 0 Å². The minimum absolute atomic E-state index is 0.240. The Morgan fingerprint density at radius 2 is 2.15 bits per heavy atom. The average Bonchev–Trinajstić information content (AvgIpc) is 2.87. The van der Waals surface area contributed by atoms with Crippen molar-refractivity contribution < 1.29 is 9.52 Å². The second-order valence-electron chi connectivity index (χ2n) is 3.62. The van der Waals surface area contributed by atoms with E-state index < -0.39 is 0 Å². The van der Waals surface area contributed by atoms with Crippen LogP contribution >= 0.6 is 0 Å². The summed E-state index contributed by atoms with van der Waals surface area (Å²) in [4.78, 5) is 0. The van der Waals surface area contributed by atoms with Gasteiger partial charge in [0.25, 0.3) is 0 Å². The molecule has 1 aliphatic carbocycles. The zero-order valence-electron chi connectivity index (χ0n) is 7.16. The molecule has 2 aromatic rings. The molecule has 0 bridgehead atoms. The van der Waals surface area contributed by atoms with Crippen LogP contribution in [0.4, 0.5) is 0 Å². The van der Waals surface area contributed by atoms with Crippen LogP contribution in [0.15, 0.2) is 28.9 Å². The average molecular weight is 174 g/mol. The fourth-order valence-electron chi connectivity index (χ4n) is 1.77. The first-order valence-corrected chi connectivity index (χ1v) is 4.55. The summed E-state index contributed by atoms with van der Waals surface area (Å²) >= 11 is 0. The zero-order chi connectivity index (χ0) is 8.84. The van der Waals surface area contributed by atoms with Crippen molar-refractivity contribution in [2.24, 2.45) is 0 Å². The summed E-state index contributed by atoms with van der Waals surface area (Å²) in [5.41, 5.74) is 1.88. The van der Waals surface area contributed by atoms with Gasteiger partial charge in [-0.25, -0.2) is 0 Å². The van der Waals surface area contributed by atoms with Crippen LogP contribution in [0.5, 0.6) is 5.75 Å². The molecule has 1 aliphatic rings. The maximum atomic E-state index is 9.49.